The van der Waals surface area contributed by atoms with Crippen LogP contribution in [-0.2, 0) is 19.3 Å². The predicted molar refractivity (Wildman–Crippen MR) is 117 cm³/mol. The standard InChI is InChI=1S/C27H21F5/c1-2-3-17-13-24(30)26(25(31)14-17)20-9-10-21-19(15-20)8-7-18(27(21)32)6-4-16-5-11-22(28)23(29)12-16/h5,7-15H,2-4,6H2,1H3. The number of fused-ring (bicyclic) bond motifs is 1. The summed E-state index contributed by atoms with van der Waals surface area (Å²) < 4.78 is 70.8. The van der Waals surface area contributed by atoms with Gasteiger partial charge < -0.3 is 0 Å². The van der Waals surface area contributed by atoms with Gasteiger partial charge >= 0.3 is 0 Å². The molecule has 0 aliphatic rings. The van der Waals surface area contributed by atoms with Gasteiger partial charge in [-0.3, -0.25) is 0 Å². The van der Waals surface area contributed by atoms with Crippen molar-refractivity contribution >= 4 is 10.8 Å². The molecule has 0 aliphatic heterocycles. The van der Waals surface area contributed by atoms with Gasteiger partial charge in [-0.05, 0) is 77.2 Å². The Hall–Kier alpha value is -3.21. The number of hydrogen-bond acceptors (Lipinski definition) is 0. The lowest BCUT2D eigenvalue weighted by Crippen LogP contribution is -1.98. The Bertz CT molecular complexity index is 1270. The van der Waals surface area contributed by atoms with Crippen LogP contribution in [0.3, 0.4) is 0 Å². The van der Waals surface area contributed by atoms with E-state index in [2.05, 4.69) is 0 Å². The Labute approximate surface area is 183 Å². The summed E-state index contributed by atoms with van der Waals surface area (Å²) in [7, 11) is 0. The Morgan fingerprint density at radius 1 is 0.594 bits per heavy atom. The van der Waals surface area contributed by atoms with Crippen molar-refractivity contribution in [2.45, 2.75) is 32.6 Å². The molecule has 0 N–H and O–H groups in total. The lowest BCUT2D eigenvalue weighted by molar-refractivity contribution is 0.507. The summed E-state index contributed by atoms with van der Waals surface area (Å²) >= 11 is 0. The van der Waals surface area contributed by atoms with Gasteiger partial charge in [0.2, 0.25) is 0 Å². The summed E-state index contributed by atoms with van der Waals surface area (Å²) in [5.41, 5.74) is 1.80. The highest BCUT2D eigenvalue weighted by molar-refractivity contribution is 5.88. The molecule has 0 bridgehead atoms. The highest BCUT2D eigenvalue weighted by Gasteiger charge is 2.15. The van der Waals surface area contributed by atoms with Gasteiger partial charge in [0.05, 0.1) is 5.56 Å². The number of hydrogen-bond donors (Lipinski definition) is 0. The lowest BCUT2D eigenvalue weighted by atomic mass is 9.96. The van der Waals surface area contributed by atoms with Gasteiger partial charge in [-0.15, -0.1) is 0 Å². The van der Waals surface area contributed by atoms with Gasteiger partial charge in [0.1, 0.15) is 17.5 Å². The Kier molecular flexibility index (Phi) is 6.26. The maximum atomic E-state index is 15.1. The zero-order valence-corrected chi connectivity index (χ0v) is 17.5. The van der Waals surface area contributed by atoms with Gasteiger partial charge in [-0.25, -0.2) is 22.0 Å². The Morgan fingerprint density at radius 2 is 1.31 bits per heavy atom. The van der Waals surface area contributed by atoms with Crippen LogP contribution in [0.15, 0.2) is 60.7 Å². The van der Waals surface area contributed by atoms with E-state index in [1.54, 1.807) is 18.2 Å². The zero-order chi connectivity index (χ0) is 22.8. The number of benzene rings is 4. The second-order valence-electron chi connectivity index (χ2n) is 7.91. The van der Waals surface area contributed by atoms with Crippen LogP contribution >= 0.6 is 0 Å². The molecule has 0 heterocycles. The number of rotatable bonds is 6. The van der Waals surface area contributed by atoms with E-state index in [0.29, 0.717) is 52.3 Å². The molecule has 32 heavy (non-hydrogen) atoms. The minimum absolute atomic E-state index is 0.130. The summed E-state index contributed by atoms with van der Waals surface area (Å²) in [6.07, 6.45) is 2.02. The van der Waals surface area contributed by atoms with E-state index in [4.69, 9.17) is 0 Å². The smallest absolute Gasteiger partial charge is 0.159 e. The van der Waals surface area contributed by atoms with Crippen LogP contribution in [0.25, 0.3) is 21.9 Å². The molecule has 5 heteroatoms. The minimum Gasteiger partial charge on any atom is -0.206 e. The van der Waals surface area contributed by atoms with E-state index in [0.717, 1.165) is 18.6 Å². The maximum Gasteiger partial charge on any atom is 0.159 e. The molecule has 0 radical (unpaired) electrons. The third kappa shape index (κ3) is 4.38. The van der Waals surface area contributed by atoms with E-state index < -0.39 is 29.1 Å². The quantitative estimate of drug-likeness (QED) is 0.267. The molecule has 0 amide bonds. The molecule has 0 spiro atoms. The van der Waals surface area contributed by atoms with Crippen LogP contribution in [0, 0.1) is 29.1 Å². The SMILES string of the molecule is CCCc1cc(F)c(-c2ccc3c(F)c(CCc4ccc(F)c(F)c4)ccc3c2)c(F)c1. The topological polar surface area (TPSA) is 0 Å². The van der Waals surface area contributed by atoms with Gasteiger partial charge in [0.15, 0.2) is 11.6 Å². The number of aryl methyl sites for hydroxylation is 3. The monoisotopic (exact) mass is 440 g/mol. The van der Waals surface area contributed by atoms with Crippen LogP contribution in [0.4, 0.5) is 22.0 Å². The van der Waals surface area contributed by atoms with Crippen molar-refractivity contribution in [1.29, 1.82) is 0 Å². The summed E-state index contributed by atoms with van der Waals surface area (Å²) in [6.45, 7) is 1.94. The fourth-order valence-electron chi connectivity index (χ4n) is 3.99. The van der Waals surface area contributed by atoms with Crippen LogP contribution in [0.1, 0.15) is 30.0 Å². The average Bonchev–Trinajstić information content (AvgIpc) is 2.75. The molecular formula is C27H21F5. The van der Waals surface area contributed by atoms with E-state index in [-0.39, 0.29) is 5.56 Å². The molecule has 0 unspecified atom stereocenters. The van der Waals surface area contributed by atoms with Crippen LogP contribution in [0.2, 0.25) is 0 Å². The minimum atomic E-state index is -0.934. The summed E-state index contributed by atoms with van der Waals surface area (Å²) in [5, 5.41) is 0.855. The predicted octanol–water partition coefficient (Wildman–Crippen LogP) is 7.94. The van der Waals surface area contributed by atoms with Crippen molar-refractivity contribution in [2.24, 2.45) is 0 Å². The fourth-order valence-corrected chi connectivity index (χ4v) is 3.99. The lowest BCUT2D eigenvalue weighted by Gasteiger charge is -2.11. The largest absolute Gasteiger partial charge is 0.206 e. The van der Waals surface area contributed by atoms with Crippen LogP contribution < -0.4 is 0 Å². The van der Waals surface area contributed by atoms with E-state index in [1.807, 2.05) is 6.92 Å². The molecule has 0 atom stereocenters. The molecule has 4 rings (SSSR count). The van der Waals surface area contributed by atoms with Gasteiger partial charge in [-0.1, -0.05) is 43.7 Å². The third-order valence-corrected chi connectivity index (χ3v) is 5.63. The van der Waals surface area contributed by atoms with Crippen molar-refractivity contribution in [3.63, 3.8) is 0 Å². The molecule has 0 saturated heterocycles. The molecule has 4 aromatic rings. The molecule has 4 aromatic carbocycles. The van der Waals surface area contributed by atoms with E-state index >= 15 is 4.39 Å². The molecular weight excluding hydrogens is 419 g/mol. The molecule has 0 nitrogen and oxygen atoms in total. The van der Waals surface area contributed by atoms with Gasteiger partial charge in [0.25, 0.3) is 0 Å². The first-order chi connectivity index (χ1) is 15.4. The normalized spacial score (nSPS) is 11.3. The first kappa shape index (κ1) is 22.0. The van der Waals surface area contributed by atoms with E-state index in [1.165, 1.54) is 30.3 Å². The van der Waals surface area contributed by atoms with Crippen molar-refractivity contribution < 1.29 is 22.0 Å². The molecule has 0 saturated carbocycles. The first-order valence-electron chi connectivity index (χ1n) is 10.5. The molecule has 0 aromatic heterocycles. The summed E-state index contributed by atoms with van der Waals surface area (Å²) in [5.74, 6) is -3.57. The van der Waals surface area contributed by atoms with Crippen molar-refractivity contribution in [3.05, 3.63) is 106 Å². The zero-order valence-electron chi connectivity index (χ0n) is 17.5. The van der Waals surface area contributed by atoms with Crippen LogP contribution in [-0.4, -0.2) is 0 Å². The maximum absolute atomic E-state index is 15.1. The Balaban J connectivity index is 1.63. The van der Waals surface area contributed by atoms with Crippen LogP contribution in [0.5, 0.6) is 0 Å². The molecule has 0 aliphatic carbocycles. The first-order valence-corrected chi connectivity index (χ1v) is 10.5. The average molecular weight is 440 g/mol. The highest BCUT2D eigenvalue weighted by Crippen LogP contribution is 2.32. The Morgan fingerprint density at radius 3 is 2.00 bits per heavy atom. The summed E-state index contributed by atoms with van der Waals surface area (Å²) in [4.78, 5) is 0. The van der Waals surface area contributed by atoms with Crippen molar-refractivity contribution in [1.82, 2.24) is 0 Å². The van der Waals surface area contributed by atoms with Gasteiger partial charge in [-0.2, -0.15) is 0 Å². The second kappa shape index (κ2) is 9.11. The fraction of sp³-hybridized carbons (Fsp3) is 0.185. The highest BCUT2D eigenvalue weighted by atomic mass is 19.2. The molecule has 164 valence electrons. The van der Waals surface area contributed by atoms with Crippen molar-refractivity contribution in [3.8, 4) is 11.1 Å². The van der Waals surface area contributed by atoms with E-state index in [9.17, 15) is 17.6 Å². The van der Waals surface area contributed by atoms with Crippen molar-refractivity contribution in [2.75, 3.05) is 0 Å². The molecule has 0 fully saturated rings. The third-order valence-electron chi connectivity index (χ3n) is 5.63. The van der Waals surface area contributed by atoms with Gasteiger partial charge in [0, 0.05) is 5.39 Å². The second-order valence-corrected chi connectivity index (χ2v) is 7.91. The number of halogens is 5. The summed E-state index contributed by atoms with van der Waals surface area (Å²) in [6, 6.07) is 14.2.